The van der Waals surface area contributed by atoms with Crippen LogP contribution in [-0.2, 0) is 10.8 Å². The summed E-state index contributed by atoms with van der Waals surface area (Å²) in [4.78, 5) is 2.48. The molecule has 0 saturated carbocycles. The number of hydrogen-bond acceptors (Lipinski definition) is 1. The monoisotopic (exact) mass is 605 g/mol. The molecule has 0 fully saturated rings. The average Bonchev–Trinajstić information content (AvgIpc) is 3.51. The van der Waals surface area contributed by atoms with Gasteiger partial charge in [-0.25, -0.2) is 0 Å². The molecule has 2 aliphatic rings. The van der Waals surface area contributed by atoms with E-state index >= 15 is 0 Å². The molecule has 0 saturated heterocycles. The Labute approximate surface area is 278 Å². The molecule has 228 valence electrons. The molecule has 7 aromatic rings. The zero-order valence-corrected chi connectivity index (χ0v) is 27.6. The van der Waals surface area contributed by atoms with Gasteiger partial charge in [0.2, 0.25) is 0 Å². The summed E-state index contributed by atoms with van der Waals surface area (Å²) in [6.45, 7) is 9.46. The molecule has 0 aliphatic heterocycles. The Bertz CT molecular complexity index is 2370. The van der Waals surface area contributed by atoms with Crippen molar-refractivity contribution in [1.29, 1.82) is 0 Å². The van der Waals surface area contributed by atoms with E-state index in [9.17, 15) is 0 Å². The fourth-order valence-electron chi connectivity index (χ4n) is 8.92. The minimum Gasteiger partial charge on any atom is -0.310 e. The van der Waals surface area contributed by atoms with Crippen LogP contribution in [0.5, 0.6) is 0 Å². The van der Waals surface area contributed by atoms with Crippen LogP contribution in [0.15, 0.2) is 140 Å². The first-order chi connectivity index (χ1) is 22.9. The van der Waals surface area contributed by atoms with Gasteiger partial charge in [0.1, 0.15) is 0 Å². The van der Waals surface area contributed by atoms with E-state index in [1.165, 1.54) is 83.1 Å². The van der Waals surface area contributed by atoms with Crippen LogP contribution in [0.2, 0.25) is 0 Å². The lowest BCUT2D eigenvalue weighted by molar-refractivity contribution is 0.490. The third-order valence-corrected chi connectivity index (χ3v) is 11.5. The molecule has 7 aromatic carbocycles. The molecule has 0 atom stereocenters. The van der Waals surface area contributed by atoms with E-state index in [0.29, 0.717) is 0 Å². The Kier molecular flexibility index (Phi) is 6.09. The summed E-state index contributed by atoms with van der Waals surface area (Å²) in [6, 6.07) is 52.6. The van der Waals surface area contributed by atoms with Gasteiger partial charge in [-0.05, 0) is 127 Å². The van der Waals surface area contributed by atoms with Crippen molar-refractivity contribution in [2.24, 2.45) is 0 Å². The number of rotatable bonds is 5. The average molecular weight is 606 g/mol. The molecule has 0 unspecified atom stereocenters. The first-order valence-corrected chi connectivity index (χ1v) is 17.1. The Morgan fingerprint density at radius 3 is 1.72 bits per heavy atom. The van der Waals surface area contributed by atoms with Crippen molar-refractivity contribution in [3.05, 3.63) is 162 Å². The van der Waals surface area contributed by atoms with Crippen molar-refractivity contribution in [3.63, 3.8) is 0 Å². The first kappa shape index (κ1) is 28.1. The summed E-state index contributed by atoms with van der Waals surface area (Å²) in [5.74, 6) is 0. The quantitative estimate of drug-likeness (QED) is 0.189. The van der Waals surface area contributed by atoms with Crippen molar-refractivity contribution in [1.82, 2.24) is 0 Å². The van der Waals surface area contributed by atoms with E-state index in [1.54, 1.807) is 0 Å². The van der Waals surface area contributed by atoms with Crippen LogP contribution in [0, 0.1) is 0 Å². The van der Waals surface area contributed by atoms with Gasteiger partial charge in [0.05, 0.1) is 0 Å². The number of hydrogen-bond donors (Lipinski definition) is 0. The number of nitrogens with zero attached hydrogens (tertiary/aromatic N) is 1. The summed E-state index contributed by atoms with van der Waals surface area (Å²) in [5.41, 5.74) is 14.7. The SMILES string of the molecule is CCC1(CC)c2ccccc2-c2ccc(N(c3ccc4c(c3)-c3cc5ccccc5cc3C4(C)C)c3ccc4ccccc4c3)cc21. The van der Waals surface area contributed by atoms with Crippen molar-refractivity contribution in [2.45, 2.75) is 51.4 Å². The van der Waals surface area contributed by atoms with Crippen molar-refractivity contribution in [2.75, 3.05) is 4.90 Å². The lowest BCUT2D eigenvalue weighted by Crippen LogP contribution is -2.23. The van der Waals surface area contributed by atoms with Crippen LogP contribution >= 0.6 is 0 Å². The van der Waals surface area contributed by atoms with Gasteiger partial charge >= 0.3 is 0 Å². The van der Waals surface area contributed by atoms with Crippen molar-refractivity contribution >= 4 is 38.6 Å². The van der Waals surface area contributed by atoms with Gasteiger partial charge in [0, 0.05) is 27.9 Å². The van der Waals surface area contributed by atoms with Crippen LogP contribution in [-0.4, -0.2) is 0 Å². The minimum absolute atomic E-state index is 0.0128. The third-order valence-electron chi connectivity index (χ3n) is 11.5. The molecule has 0 aromatic heterocycles. The predicted octanol–water partition coefficient (Wildman–Crippen LogP) is 12.9. The highest BCUT2D eigenvalue weighted by atomic mass is 15.1. The summed E-state index contributed by atoms with van der Waals surface area (Å²) in [6.07, 6.45) is 2.15. The van der Waals surface area contributed by atoms with E-state index in [4.69, 9.17) is 0 Å². The Morgan fingerprint density at radius 2 is 0.957 bits per heavy atom. The molecule has 0 radical (unpaired) electrons. The smallest absolute Gasteiger partial charge is 0.0468 e. The molecule has 1 nitrogen and oxygen atoms in total. The van der Waals surface area contributed by atoms with Gasteiger partial charge in [-0.2, -0.15) is 0 Å². The molecule has 0 spiro atoms. The highest BCUT2D eigenvalue weighted by Crippen LogP contribution is 2.55. The normalized spacial score (nSPS) is 14.9. The summed E-state index contributed by atoms with van der Waals surface area (Å²) in [5, 5.41) is 5.10. The largest absolute Gasteiger partial charge is 0.310 e. The van der Waals surface area contributed by atoms with Crippen LogP contribution in [0.1, 0.15) is 62.8 Å². The summed E-state index contributed by atoms with van der Waals surface area (Å²) < 4.78 is 0. The lowest BCUT2D eigenvalue weighted by atomic mass is 9.74. The van der Waals surface area contributed by atoms with E-state index < -0.39 is 0 Å². The van der Waals surface area contributed by atoms with Gasteiger partial charge < -0.3 is 4.90 Å². The van der Waals surface area contributed by atoms with E-state index in [2.05, 4.69) is 172 Å². The molecule has 1 heteroatoms. The fraction of sp³-hybridized carbons (Fsp3) is 0.174. The number of fused-ring (bicyclic) bond motifs is 8. The van der Waals surface area contributed by atoms with Gasteiger partial charge in [0.25, 0.3) is 0 Å². The second-order valence-corrected chi connectivity index (χ2v) is 14.0. The van der Waals surface area contributed by atoms with E-state index in [1.807, 2.05) is 0 Å². The Morgan fingerprint density at radius 1 is 0.404 bits per heavy atom. The summed E-state index contributed by atoms with van der Waals surface area (Å²) in [7, 11) is 0. The second kappa shape index (κ2) is 10.2. The van der Waals surface area contributed by atoms with Gasteiger partial charge in [-0.15, -0.1) is 0 Å². The lowest BCUT2D eigenvalue weighted by Gasteiger charge is -2.32. The maximum Gasteiger partial charge on any atom is 0.0468 e. The number of anilines is 3. The molecule has 0 heterocycles. The molecule has 0 bridgehead atoms. The Hall–Kier alpha value is -5.14. The van der Waals surface area contributed by atoms with E-state index in [0.717, 1.165) is 12.8 Å². The molecule has 0 amide bonds. The third kappa shape index (κ3) is 3.96. The van der Waals surface area contributed by atoms with Crippen molar-refractivity contribution < 1.29 is 0 Å². The van der Waals surface area contributed by atoms with Crippen LogP contribution < -0.4 is 4.90 Å². The molecule has 9 rings (SSSR count). The van der Waals surface area contributed by atoms with Crippen LogP contribution in [0.3, 0.4) is 0 Å². The maximum absolute atomic E-state index is 2.50. The molecule has 0 N–H and O–H groups in total. The Balaban J connectivity index is 1.28. The number of benzene rings is 7. The van der Waals surface area contributed by atoms with Crippen LogP contribution in [0.4, 0.5) is 17.1 Å². The maximum atomic E-state index is 2.50. The first-order valence-electron chi connectivity index (χ1n) is 17.1. The minimum atomic E-state index is -0.0673. The highest BCUT2D eigenvalue weighted by Gasteiger charge is 2.41. The van der Waals surface area contributed by atoms with Gasteiger partial charge in [-0.1, -0.05) is 119 Å². The fourth-order valence-corrected chi connectivity index (χ4v) is 8.92. The van der Waals surface area contributed by atoms with Gasteiger partial charge in [0.15, 0.2) is 0 Å². The second-order valence-electron chi connectivity index (χ2n) is 14.0. The molecule has 47 heavy (non-hydrogen) atoms. The molecular formula is C46H39N. The van der Waals surface area contributed by atoms with Crippen molar-refractivity contribution in [3.8, 4) is 22.3 Å². The zero-order chi connectivity index (χ0) is 31.9. The topological polar surface area (TPSA) is 3.24 Å². The van der Waals surface area contributed by atoms with E-state index in [-0.39, 0.29) is 10.8 Å². The summed E-state index contributed by atoms with van der Waals surface area (Å²) >= 11 is 0. The molecular weight excluding hydrogens is 567 g/mol. The standard InChI is InChI=1S/C46H39N/c1-5-46(6-2)42-18-12-11-17-37(42)38-23-21-36(29-44(38)46)47(34-20-19-30-13-7-8-14-31(30)25-34)35-22-24-41-40(28-35)39-26-32-15-9-10-16-33(32)27-43(39)45(41,3)4/h7-29H,5-6H2,1-4H3. The highest BCUT2D eigenvalue weighted by molar-refractivity contribution is 5.96. The predicted molar refractivity (Wildman–Crippen MR) is 200 cm³/mol. The van der Waals surface area contributed by atoms with Gasteiger partial charge in [-0.3, -0.25) is 0 Å². The zero-order valence-electron chi connectivity index (χ0n) is 27.6. The molecule has 2 aliphatic carbocycles. The van der Waals surface area contributed by atoms with Crippen LogP contribution in [0.25, 0.3) is 43.8 Å².